The van der Waals surface area contributed by atoms with Crippen molar-refractivity contribution in [3.8, 4) is 0 Å². The van der Waals surface area contributed by atoms with Crippen LogP contribution in [0.4, 0.5) is 11.8 Å². The summed E-state index contributed by atoms with van der Waals surface area (Å²) in [4.78, 5) is 9.61. The lowest BCUT2D eigenvalue weighted by Gasteiger charge is -2.29. The van der Waals surface area contributed by atoms with E-state index in [4.69, 9.17) is 5.73 Å². The Morgan fingerprint density at radius 1 is 1.29 bits per heavy atom. The topological polar surface area (TPSA) is 96.1 Å². The predicted molar refractivity (Wildman–Crippen MR) is 99.9 cm³/mol. The van der Waals surface area contributed by atoms with Gasteiger partial charge in [-0.25, -0.2) is 4.98 Å². The van der Waals surface area contributed by atoms with Crippen LogP contribution in [0.25, 0.3) is 0 Å². The van der Waals surface area contributed by atoms with Crippen molar-refractivity contribution in [1.29, 1.82) is 0 Å². The van der Waals surface area contributed by atoms with Gasteiger partial charge in [-0.05, 0) is 32.0 Å². The molecule has 1 aromatic carbocycles. The van der Waals surface area contributed by atoms with Gasteiger partial charge in [-0.15, -0.1) is 12.4 Å². The number of nitrogens with one attached hydrogen (secondary N) is 2. The van der Waals surface area contributed by atoms with Gasteiger partial charge < -0.3 is 21.5 Å². The molecule has 0 unspecified atom stereocenters. The van der Waals surface area contributed by atoms with E-state index in [1.807, 2.05) is 6.07 Å². The second-order valence-corrected chi connectivity index (χ2v) is 6.77. The van der Waals surface area contributed by atoms with E-state index in [-0.39, 0.29) is 24.4 Å². The van der Waals surface area contributed by atoms with E-state index in [2.05, 4.69) is 51.8 Å². The average molecular weight is 368 g/mol. The summed E-state index contributed by atoms with van der Waals surface area (Å²) in [5.41, 5.74) is 7.05. The van der Waals surface area contributed by atoms with E-state index < -0.39 is 6.10 Å². The Balaban J connectivity index is 0.00000208. The molecule has 5 N–H and O–H groups in total. The van der Waals surface area contributed by atoms with E-state index in [1.165, 1.54) is 5.56 Å². The number of hydrogen-bond donors (Lipinski definition) is 4. The van der Waals surface area contributed by atoms with Crippen LogP contribution in [0.2, 0.25) is 0 Å². The molecule has 3 rings (SSSR count). The van der Waals surface area contributed by atoms with E-state index >= 15 is 0 Å². The Morgan fingerprint density at radius 3 is 2.75 bits per heavy atom. The van der Waals surface area contributed by atoms with Gasteiger partial charge in [0.05, 0.1) is 12.1 Å². The van der Waals surface area contributed by atoms with Gasteiger partial charge in [0.1, 0.15) is 10.8 Å². The van der Waals surface area contributed by atoms with Crippen LogP contribution < -0.4 is 16.4 Å². The predicted octanol–water partition coefficient (Wildman–Crippen LogP) is 2.07. The number of aliphatic hydroxyl groups excluding tert-OH is 1. The lowest BCUT2D eigenvalue weighted by Crippen LogP contribution is -2.47. The van der Waals surface area contributed by atoms with Gasteiger partial charge in [0.15, 0.2) is 0 Å². The minimum Gasteiger partial charge on any atom is -0.390 e. The van der Waals surface area contributed by atoms with Crippen LogP contribution in [-0.2, 0) is 0 Å². The molecule has 1 fully saturated rings. The summed E-state index contributed by atoms with van der Waals surface area (Å²) in [7, 11) is 0. The summed E-state index contributed by atoms with van der Waals surface area (Å²) in [6.07, 6.45) is 0.402. The van der Waals surface area contributed by atoms with Crippen LogP contribution in [-0.4, -0.2) is 40.3 Å². The molecule has 2 atom stereocenters. The summed E-state index contributed by atoms with van der Waals surface area (Å²) in [6, 6.07) is 10.1. The van der Waals surface area contributed by atoms with Crippen molar-refractivity contribution in [2.75, 3.05) is 24.1 Å². The van der Waals surface area contributed by atoms with Crippen molar-refractivity contribution < 1.29 is 5.11 Å². The number of benzene rings is 1. The van der Waals surface area contributed by atoms with Crippen LogP contribution in [0.15, 0.2) is 40.3 Å². The normalized spacial score (nSPS) is 20.2. The fourth-order valence-corrected chi connectivity index (χ4v) is 3.32. The number of nitrogens with zero attached hydrogens (tertiary/aromatic N) is 2. The van der Waals surface area contributed by atoms with Crippen molar-refractivity contribution in [3.05, 3.63) is 35.9 Å². The molecule has 0 saturated carbocycles. The maximum absolute atomic E-state index is 10.0. The molecule has 1 aliphatic rings. The Hall–Kier alpha value is -1.54. The summed E-state index contributed by atoms with van der Waals surface area (Å²) >= 11 is 1.54. The number of halogens is 1. The fourth-order valence-electron chi connectivity index (χ4n) is 2.50. The van der Waals surface area contributed by atoms with Gasteiger partial charge in [-0.3, -0.25) is 0 Å². The third kappa shape index (κ3) is 4.98. The monoisotopic (exact) mass is 367 g/mol. The SMILES string of the molecule is Cc1ccc(Sc2cc(N[C@@H]3CCNC[C@H]3O)nc(N)n2)cc1.Cl. The van der Waals surface area contributed by atoms with Crippen molar-refractivity contribution in [2.45, 2.75) is 35.4 Å². The van der Waals surface area contributed by atoms with E-state index in [1.54, 1.807) is 11.8 Å². The minimum absolute atomic E-state index is 0. The number of hydrogen-bond acceptors (Lipinski definition) is 7. The smallest absolute Gasteiger partial charge is 0.223 e. The van der Waals surface area contributed by atoms with Crippen molar-refractivity contribution in [3.63, 3.8) is 0 Å². The van der Waals surface area contributed by atoms with Crippen molar-refractivity contribution in [1.82, 2.24) is 15.3 Å². The highest BCUT2D eigenvalue weighted by molar-refractivity contribution is 7.99. The minimum atomic E-state index is -0.437. The van der Waals surface area contributed by atoms with Gasteiger partial charge in [0, 0.05) is 17.5 Å². The van der Waals surface area contributed by atoms with E-state index in [0.29, 0.717) is 12.4 Å². The fraction of sp³-hybridized carbons (Fsp3) is 0.375. The maximum Gasteiger partial charge on any atom is 0.223 e. The highest BCUT2D eigenvalue weighted by Crippen LogP contribution is 2.28. The number of β-amino-alcohol motifs (C(OH)–C–C–N with tert-alkyl or cyclic N) is 1. The van der Waals surface area contributed by atoms with Gasteiger partial charge in [-0.1, -0.05) is 29.5 Å². The number of rotatable bonds is 4. The number of anilines is 2. The first kappa shape index (κ1) is 18.8. The van der Waals surface area contributed by atoms with Crippen LogP contribution >= 0.6 is 24.2 Å². The molecular weight excluding hydrogens is 346 g/mol. The molecule has 1 aromatic heterocycles. The van der Waals surface area contributed by atoms with Crippen molar-refractivity contribution in [2.24, 2.45) is 0 Å². The number of aromatic nitrogens is 2. The lowest BCUT2D eigenvalue weighted by molar-refractivity contribution is 0.128. The molecule has 24 heavy (non-hydrogen) atoms. The summed E-state index contributed by atoms with van der Waals surface area (Å²) in [5.74, 6) is 0.881. The molecule has 1 saturated heterocycles. The molecule has 1 aliphatic heterocycles. The van der Waals surface area contributed by atoms with Crippen LogP contribution in [0.3, 0.4) is 0 Å². The Labute approximate surface area is 152 Å². The standard InChI is InChI=1S/C16H21N5OS.ClH/c1-10-2-4-11(5-3-10)23-15-8-14(20-16(17)21-15)19-12-6-7-18-9-13(12)22;/h2-5,8,12-13,18,22H,6-7,9H2,1H3,(H3,17,19,20,21);1H/t12-,13-;/m1./s1. The molecule has 0 bridgehead atoms. The molecule has 130 valence electrons. The largest absolute Gasteiger partial charge is 0.390 e. The number of nitrogens with two attached hydrogens (primary N) is 1. The highest BCUT2D eigenvalue weighted by Gasteiger charge is 2.23. The van der Waals surface area contributed by atoms with E-state index in [9.17, 15) is 5.11 Å². The number of aryl methyl sites for hydroxylation is 1. The van der Waals surface area contributed by atoms with Crippen LogP contribution in [0.1, 0.15) is 12.0 Å². The van der Waals surface area contributed by atoms with Crippen molar-refractivity contribution >= 4 is 35.9 Å². The molecule has 0 aliphatic carbocycles. The molecular formula is C16H22ClN5OS. The van der Waals surface area contributed by atoms with Gasteiger partial charge in [-0.2, -0.15) is 4.98 Å². The van der Waals surface area contributed by atoms with Gasteiger partial charge in [0.2, 0.25) is 5.95 Å². The molecule has 0 amide bonds. The summed E-state index contributed by atoms with van der Waals surface area (Å²) in [6.45, 7) is 3.52. The second kappa shape index (κ2) is 8.53. The maximum atomic E-state index is 10.0. The van der Waals surface area contributed by atoms with E-state index in [0.717, 1.165) is 22.9 Å². The Morgan fingerprint density at radius 2 is 2.04 bits per heavy atom. The zero-order valence-electron chi connectivity index (χ0n) is 13.4. The first-order valence-corrected chi connectivity index (χ1v) is 8.46. The summed E-state index contributed by atoms with van der Waals surface area (Å²) < 4.78 is 0. The number of piperidine rings is 1. The highest BCUT2D eigenvalue weighted by atomic mass is 35.5. The second-order valence-electron chi connectivity index (χ2n) is 5.68. The molecule has 6 nitrogen and oxygen atoms in total. The summed E-state index contributed by atoms with van der Waals surface area (Å²) in [5, 5.41) is 17.2. The molecule has 0 spiro atoms. The number of aliphatic hydroxyl groups is 1. The average Bonchev–Trinajstić information content (AvgIpc) is 2.51. The zero-order chi connectivity index (χ0) is 16.2. The first-order valence-electron chi connectivity index (χ1n) is 7.64. The third-order valence-electron chi connectivity index (χ3n) is 3.75. The van der Waals surface area contributed by atoms with Gasteiger partial charge >= 0.3 is 0 Å². The zero-order valence-corrected chi connectivity index (χ0v) is 15.0. The molecule has 0 radical (unpaired) electrons. The Kier molecular flexibility index (Phi) is 6.68. The Bertz CT molecular complexity index is 670. The van der Waals surface area contributed by atoms with Gasteiger partial charge in [0.25, 0.3) is 0 Å². The van der Waals surface area contributed by atoms with Crippen LogP contribution in [0.5, 0.6) is 0 Å². The quantitative estimate of drug-likeness (QED) is 0.614. The first-order chi connectivity index (χ1) is 11.1. The lowest BCUT2D eigenvalue weighted by atomic mass is 10.0. The third-order valence-corrected chi connectivity index (χ3v) is 4.67. The number of nitrogen functional groups attached to an aromatic ring is 1. The molecule has 8 heteroatoms. The molecule has 2 aromatic rings. The van der Waals surface area contributed by atoms with Crippen LogP contribution in [0, 0.1) is 6.92 Å². The molecule has 2 heterocycles.